The third-order valence-electron chi connectivity index (χ3n) is 2.22. The largest absolute Gasteiger partial charge is 0.308 e. The predicted octanol–water partition coefficient (Wildman–Crippen LogP) is 0.550. The number of carbonyl (C=O) groups excluding carboxylic acids is 1. The Hall–Kier alpha value is -2.62. The van der Waals surface area contributed by atoms with Gasteiger partial charge >= 0.3 is 0 Å². The van der Waals surface area contributed by atoms with Crippen molar-refractivity contribution in [3.63, 3.8) is 0 Å². The normalized spacial score (nSPS) is 10.0. The molecule has 2 aromatic heterocycles. The number of hydrogen-bond donors (Lipinski definition) is 1. The highest BCUT2D eigenvalue weighted by atomic mass is 16.2. The maximum atomic E-state index is 11.7. The van der Waals surface area contributed by atoms with Gasteiger partial charge < -0.3 is 5.32 Å². The Labute approximate surface area is 104 Å². The Morgan fingerprint density at radius 2 is 2.17 bits per heavy atom. The third-order valence-corrected chi connectivity index (χ3v) is 2.22. The molecule has 0 atom stereocenters. The zero-order valence-electron chi connectivity index (χ0n) is 9.87. The van der Waals surface area contributed by atoms with Crippen molar-refractivity contribution in [3.05, 3.63) is 30.2 Å². The molecule has 18 heavy (non-hydrogen) atoms. The molecule has 92 valence electrons. The van der Waals surface area contributed by atoms with Gasteiger partial charge in [0.15, 0.2) is 5.82 Å². The Morgan fingerprint density at radius 3 is 2.83 bits per heavy atom. The minimum absolute atomic E-state index is 0.138. The van der Waals surface area contributed by atoms with Crippen LogP contribution in [0, 0.1) is 18.3 Å². The van der Waals surface area contributed by atoms with Gasteiger partial charge in [0.2, 0.25) is 5.91 Å². The van der Waals surface area contributed by atoms with Crippen LogP contribution in [0.25, 0.3) is 0 Å². The maximum Gasteiger partial charge on any atom is 0.247 e. The van der Waals surface area contributed by atoms with Crippen molar-refractivity contribution in [2.75, 3.05) is 5.32 Å². The zero-order chi connectivity index (χ0) is 13.0. The summed E-state index contributed by atoms with van der Waals surface area (Å²) in [4.78, 5) is 11.7. The molecule has 2 heterocycles. The van der Waals surface area contributed by atoms with Crippen LogP contribution < -0.4 is 5.32 Å². The van der Waals surface area contributed by atoms with E-state index < -0.39 is 0 Å². The minimum Gasteiger partial charge on any atom is -0.308 e. The summed E-state index contributed by atoms with van der Waals surface area (Å²) in [6.45, 7) is 2.16. The highest BCUT2D eigenvalue weighted by Gasteiger charge is 2.06. The van der Waals surface area contributed by atoms with Gasteiger partial charge in [0.05, 0.1) is 11.8 Å². The second-order valence-corrected chi connectivity index (χ2v) is 3.76. The number of nitrogens with zero attached hydrogens (tertiary/aromatic N) is 5. The van der Waals surface area contributed by atoms with E-state index in [4.69, 9.17) is 5.26 Å². The molecule has 0 aliphatic rings. The van der Waals surface area contributed by atoms with Crippen LogP contribution >= 0.6 is 0 Å². The fourth-order valence-electron chi connectivity index (χ4n) is 1.47. The number of aromatic nitrogens is 4. The molecule has 0 unspecified atom stereocenters. The second-order valence-electron chi connectivity index (χ2n) is 3.76. The summed E-state index contributed by atoms with van der Waals surface area (Å²) >= 11 is 0. The first-order valence-corrected chi connectivity index (χ1v) is 5.37. The number of amides is 1. The fourth-order valence-corrected chi connectivity index (χ4v) is 1.47. The van der Waals surface area contributed by atoms with E-state index in [-0.39, 0.29) is 19.0 Å². The van der Waals surface area contributed by atoms with Crippen molar-refractivity contribution in [3.8, 4) is 6.07 Å². The SMILES string of the molecule is Cc1ccn(CC(=O)Nc2ccn(CC#N)n2)n1. The molecule has 0 bridgehead atoms. The summed E-state index contributed by atoms with van der Waals surface area (Å²) < 4.78 is 3.00. The topological polar surface area (TPSA) is 88.5 Å². The zero-order valence-corrected chi connectivity index (χ0v) is 9.87. The van der Waals surface area contributed by atoms with Gasteiger partial charge in [-0.2, -0.15) is 15.5 Å². The van der Waals surface area contributed by atoms with E-state index in [2.05, 4.69) is 15.5 Å². The van der Waals surface area contributed by atoms with Crippen molar-refractivity contribution < 1.29 is 4.79 Å². The molecule has 0 saturated heterocycles. The first-order valence-electron chi connectivity index (χ1n) is 5.37. The van der Waals surface area contributed by atoms with E-state index in [1.165, 1.54) is 4.68 Å². The molecule has 0 spiro atoms. The smallest absolute Gasteiger partial charge is 0.247 e. The van der Waals surface area contributed by atoms with Crippen LogP contribution in [0.15, 0.2) is 24.5 Å². The molecule has 7 nitrogen and oxygen atoms in total. The Balaban J connectivity index is 1.92. The lowest BCUT2D eigenvalue weighted by atomic mass is 10.5. The van der Waals surface area contributed by atoms with Gasteiger partial charge in [0.25, 0.3) is 0 Å². The maximum absolute atomic E-state index is 11.7. The average Bonchev–Trinajstić information content (AvgIpc) is 2.89. The lowest BCUT2D eigenvalue weighted by Gasteiger charge is -2.02. The van der Waals surface area contributed by atoms with E-state index in [1.807, 2.05) is 19.1 Å². The van der Waals surface area contributed by atoms with Gasteiger partial charge in [-0.15, -0.1) is 0 Å². The highest BCUT2D eigenvalue weighted by molar-refractivity contribution is 5.89. The number of aryl methyl sites for hydroxylation is 1. The number of nitrogens with one attached hydrogen (secondary N) is 1. The van der Waals surface area contributed by atoms with Gasteiger partial charge in [-0.25, -0.2) is 0 Å². The molecule has 2 rings (SSSR count). The number of hydrogen-bond acceptors (Lipinski definition) is 4. The molecule has 1 N–H and O–H groups in total. The summed E-state index contributed by atoms with van der Waals surface area (Å²) in [6.07, 6.45) is 3.38. The second kappa shape index (κ2) is 5.14. The number of anilines is 1. The average molecular weight is 244 g/mol. The Bertz CT molecular complexity index is 591. The van der Waals surface area contributed by atoms with Gasteiger partial charge in [-0.1, -0.05) is 0 Å². The van der Waals surface area contributed by atoms with Gasteiger partial charge in [-0.05, 0) is 13.0 Å². The summed E-state index contributed by atoms with van der Waals surface area (Å²) in [5, 5.41) is 19.3. The summed E-state index contributed by atoms with van der Waals surface area (Å²) in [5.74, 6) is 0.222. The van der Waals surface area contributed by atoms with Crippen LogP contribution in [-0.2, 0) is 17.9 Å². The highest BCUT2D eigenvalue weighted by Crippen LogP contribution is 2.02. The molecule has 0 fully saturated rings. The predicted molar refractivity (Wildman–Crippen MR) is 63.4 cm³/mol. The van der Waals surface area contributed by atoms with Gasteiger partial charge in [0, 0.05) is 18.5 Å². The molecule has 7 heteroatoms. The van der Waals surface area contributed by atoms with Crippen LogP contribution in [0.2, 0.25) is 0 Å². The molecule has 0 radical (unpaired) electrons. The van der Waals surface area contributed by atoms with E-state index in [0.29, 0.717) is 5.82 Å². The van der Waals surface area contributed by atoms with Crippen molar-refractivity contribution in [2.45, 2.75) is 20.0 Å². The van der Waals surface area contributed by atoms with Crippen LogP contribution in [0.4, 0.5) is 5.82 Å². The molecule has 1 amide bonds. The number of rotatable bonds is 4. The third kappa shape index (κ3) is 2.95. The van der Waals surface area contributed by atoms with Crippen LogP contribution in [0.5, 0.6) is 0 Å². The van der Waals surface area contributed by atoms with Crippen molar-refractivity contribution >= 4 is 11.7 Å². The summed E-state index contributed by atoms with van der Waals surface area (Å²) in [5.41, 5.74) is 0.862. The molecular formula is C11H12N6O. The minimum atomic E-state index is -0.208. The van der Waals surface area contributed by atoms with E-state index in [0.717, 1.165) is 5.69 Å². The van der Waals surface area contributed by atoms with E-state index in [9.17, 15) is 4.79 Å². The molecular weight excluding hydrogens is 232 g/mol. The molecule has 0 aromatic carbocycles. The molecule has 0 aliphatic heterocycles. The van der Waals surface area contributed by atoms with E-state index >= 15 is 0 Å². The summed E-state index contributed by atoms with van der Waals surface area (Å²) in [7, 11) is 0. The molecule has 0 saturated carbocycles. The summed E-state index contributed by atoms with van der Waals surface area (Å²) in [6, 6.07) is 5.44. The molecule has 2 aromatic rings. The monoisotopic (exact) mass is 244 g/mol. The van der Waals surface area contributed by atoms with E-state index in [1.54, 1.807) is 23.1 Å². The Kier molecular flexibility index (Phi) is 3.38. The van der Waals surface area contributed by atoms with Crippen LogP contribution in [0.1, 0.15) is 5.69 Å². The van der Waals surface area contributed by atoms with Crippen molar-refractivity contribution in [1.29, 1.82) is 5.26 Å². The van der Waals surface area contributed by atoms with Gasteiger partial charge in [0.1, 0.15) is 13.1 Å². The first kappa shape index (κ1) is 11.9. The quantitative estimate of drug-likeness (QED) is 0.850. The lowest BCUT2D eigenvalue weighted by molar-refractivity contribution is -0.116. The number of nitriles is 1. The van der Waals surface area contributed by atoms with Crippen molar-refractivity contribution in [2.24, 2.45) is 0 Å². The van der Waals surface area contributed by atoms with Crippen molar-refractivity contribution in [1.82, 2.24) is 19.6 Å². The van der Waals surface area contributed by atoms with Gasteiger partial charge in [-0.3, -0.25) is 14.2 Å². The Morgan fingerprint density at radius 1 is 1.39 bits per heavy atom. The number of carbonyl (C=O) groups is 1. The van der Waals surface area contributed by atoms with Crippen LogP contribution in [-0.4, -0.2) is 25.5 Å². The molecule has 0 aliphatic carbocycles. The standard InChI is InChI=1S/C11H12N6O/c1-9-2-5-17(14-9)8-11(18)13-10-3-6-16(15-10)7-4-12/h2-3,5-6H,7-8H2,1H3,(H,13,15,18). The fraction of sp³-hybridized carbons (Fsp3) is 0.273. The van der Waals surface area contributed by atoms with Crippen LogP contribution in [0.3, 0.4) is 0 Å². The lowest BCUT2D eigenvalue weighted by Crippen LogP contribution is -2.19. The first-order chi connectivity index (χ1) is 8.67.